The number of rotatable bonds is 6. The molecule has 2 rings (SSSR count). The first-order valence-electron chi connectivity index (χ1n) is 6.92. The maximum atomic E-state index is 4.68. The van der Waals surface area contributed by atoms with Crippen molar-refractivity contribution in [1.29, 1.82) is 0 Å². The van der Waals surface area contributed by atoms with E-state index in [0.29, 0.717) is 0 Å². The Balaban J connectivity index is 2.28. The normalized spacial score (nSPS) is 10.6. The highest BCUT2D eigenvalue weighted by molar-refractivity contribution is 14.1. The summed E-state index contributed by atoms with van der Waals surface area (Å²) in [6, 6.07) is 4.01. The van der Waals surface area contributed by atoms with E-state index in [1.807, 2.05) is 12.1 Å². The quantitative estimate of drug-likeness (QED) is 0.778. The van der Waals surface area contributed by atoms with Gasteiger partial charge in [0.25, 0.3) is 0 Å². The largest absolute Gasteiger partial charge is 0.369 e. The number of aryl methyl sites for hydroxylation is 1. The molecule has 0 amide bonds. The number of hydrogen-bond donors (Lipinski definition) is 1. The first-order chi connectivity index (χ1) is 9.74. The fourth-order valence-corrected chi connectivity index (χ4v) is 2.72. The van der Waals surface area contributed by atoms with Gasteiger partial charge in [0, 0.05) is 25.4 Å². The fourth-order valence-electron chi connectivity index (χ4n) is 1.90. The van der Waals surface area contributed by atoms with Crippen molar-refractivity contribution in [2.75, 3.05) is 11.9 Å². The summed E-state index contributed by atoms with van der Waals surface area (Å²) in [4.78, 5) is 13.4. The number of hydrogen-bond acceptors (Lipinski definition) is 4. The zero-order valence-electron chi connectivity index (χ0n) is 11.9. The summed E-state index contributed by atoms with van der Waals surface area (Å²) in [6.07, 6.45) is 6.36. The molecule has 4 nitrogen and oxygen atoms in total. The minimum atomic E-state index is 0.743. The number of aromatic nitrogens is 3. The van der Waals surface area contributed by atoms with Crippen LogP contribution in [0.3, 0.4) is 0 Å². The lowest BCUT2D eigenvalue weighted by Crippen LogP contribution is -2.10. The molecule has 2 aromatic rings. The summed E-state index contributed by atoms with van der Waals surface area (Å²) in [5, 5.41) is 3.39. The Morgan fingerprint density at radius 2 is 1.90 bits per heavy atom. The van der Waals surface area contributed by atoms with E-state index in [1.165, 1.54) is 5.56 Å². The molecule has 2 aromatic heterocycles. The molecule has 0 aliphatic carbocycles. The predicted molar refractivity (Wildman–Crippen MR) is 90.0 cm³/mol. The van der Waals surface area contributed by atoms with Crippen molar-refractivity contribution >= 4 is 28.4 Å². The van der Waals surface area contributed by atoms with Gasteiger partial charge in [0.05, 0.1) is 9.26 Å². The van der Waals surface area contributed by atoms with Crippen molar-refractivity contribution in [1.82, 2.24) is 15.0 Å². The molecule has 0 aromatic carbocycles. The molecule has 0 spiro atoms. The van der Waals surface area contributed by atoms with E-state index in [2.05, 4.69) is 56.7 Å². The van der Waals surface area contributed by atoms with Crippen molar-refractivity contribution in [2.45, 2.75) is 33.1 Å². The molecule has 0 saturated carbocycles. The third-order valence-corrected chi connectivity index (χ3v) is 4.09. The van der Waals surface area contributed by atoms with Crippen LogP contribution in [0.5, 0.6) is 0 Å². The molecule has 0 fully saturated rings. The lowest BCUT2D eigenvalue weighted by molar-refractivity contribution is 0.881. The standard InChI is InChI=1S/C15H19IN4/c1-3-7-18-15-14(16)12(4-2)19-13(20-15)10-11-5-8-17-9-6-11/h5-6,8-9H,3-4,7,10H2,1-2H3,(H,18,19,20). The maximum absolute atomic E-state index is 4.68. The minimum absolute atomic E-state index is 0.743. The Morgan fingerprint density at radius 3 is 2.55 bits per heavy atom. The summed E-state index contributed by atoms with van der Waals surface area (Å²) in [7, 11) is 0. The molecule has 0 unspecified atom stereocenters. The van der Waals surface area contributed by atoms with Gasteiger partial charge < -0.3 is 5.32 Å². The molecule has 0 aliphatic rings. The lowest BCUT2D eigenvalue weighted by Gasteiger charge is -2.12. The Bertz CT molecular complexity index is 557. The van der Waals surface area contributed by atoms with Crippen molar-refractivity contribution in [3.8, 4) is 0 Å². The smallest absolute Gasteiger partial charge is 0.143 e. The summed E-state index contributed by atoms with van der Waals surface area (Å²) in [5.41, 5.74) is 2.30. The summed E-state index contributed by atoms with van der Waals surface area (Å²) in [6.45, 7) is 5.22. The topological polar surface area (TPSA) is 50.7 Å². The van der Waals surface area contributed by atoms with Crippen LogP contribution in [0.25, 0.3) is 0 Å². The zero-order valence-corrected chi connectivity index (χ0v) is 14.0. The Hall–Kier alpha value is -1.24. The van der Waals surface area contributed by atoms with Crippen LogP contribution in [0.1, 0.15) is 37.4 Å². The second-order valence-corrected chi connectivity index (χ2v) is 5.64. The highest BCUT2D eigenvalue weighted by Gasteiger charge is 2.11. The van der Waals surface area contributed by atoms with Crippen LogP contribution in [-0.2, 0) is 12.8 Å². The van der Waals surface area contributed by atoms with Gasteiger partial charge in [0.15, 0.2) is 0 Å². The van der Waals surface area contributed by atoms with Gasteiger partial charge in [-0.3, -0.25) is 4.98 Å². The van der Waals surface area contributed by atoms with Crippen LogP contribution in [0.15, 0.2) is 24.5 Å². The third kappa shape index (κ3) is 3.88. The number of anilines is 1. The molecule has 0 radical (unpaired) electrons. The average Bonchev–Trinajstić information content (AvgIpc) is 2.48. The van der Waals surface area contributed by atoms with Gasteiger partial charge in [0.1, 0.15) is 11.6 Å². The average molecular weight is 382 g/mol. The van der Waals surface area contributed by atoms with E-state index in [4.69, 9.17) is 0 Å². The molecule has 2 heterocycles. The molecule has 20 heavy (non-hydrogen) atoms. The lowest BCUT2D eigenvalue weighted by atomic mass is 10.2. The van der Waals surface area contributed by atoms with E-state index >= 15 is 0 Å². The van der Waals surface area contributed by atoms with Gasteiger partial charge in [-0.15, -0.1) is 0 Å². The van der Waals surface area contributed by atoms with Gasteiger partial charge in [-0.2, -0.15) is 0 Å². The molecule has 0 saturated heterocycles. The van der Waals surface area contributed by atoms with Gasteiger partial charge in [-0.25, -0.2) is 9.97 Å². The molecular weight excluding hydrogens is 363 g/mol. The highest BCUT2D eigenvalue weighted by Crippen LogP contribution is 2.20. The van der Waals surface area contributed by atoms with Gasteiger partial charge >= 0.3 is 0 Å². The summed E-state index contributed by atoms with van der Waals surface area (Å²) < 4.78 is 1.14. The van der Waals surface area contributed by atoms with Crippen LogP contribution in [0, 0.1) is 3.57 Å². The maximum Gasteiger partial charge on any atom is 0.143 e. The van der Waals surface area contributed by atoms with E-state index in [9.17, 15) is 0 Å². The van der Waals surface area contributed by atoms with Crippen LogP contribution < -0.4 is 5.32 Å². The molecule has 0 aliphatic heterocycles. The zero-order chi connectivity index (χ0) is 14.4. The van der Waals surface area contributed by atoms with Crippen molar-refractivity contribution in [3.63, 3.8) is 0 Å². The Kier molecular flexibility index (Phi) is 5.70. The number of nitrogens with zero attached hydrogens (tertiary/aromatic N) is 3. The summed E-state index contributed by atoms with van der Waals surface area (Å²) >= 11 is 2.33. The predicted octanol–water partition coefficient (Wildman–Crippen LogP) is 3.45. The van der Waals surface area contributed by atoms with Crippen LogP contribution in [0.2, 0.25) is 0 Å². The van der Waals surface area contributed by atoms with Gasteiger partial charge in [-0.05, 0) is 53.1 Å². The van der Waals surface area contributed by atoms with Crippen molar-refractivity contribution in [3.05, 3.63) is 45.2 Å². The SMILES string of the molecule is CCCNc1nc(Cc2ccncc2)nc(CC)c1I. The van der Waals surface area contributed by atoms with Gasteiger partial charge in [-0.1, -0.05) is 13.8 Å². The molecule has 0 atom stereocenters. The number of halogens is 1. The number of pyridine rings is 1. The summed E-state index contributed by atoms with van der Waals surface area (Å²) in [5.74, 6) is 1.83. The van der Waals surface area contributed by atoms with E-state index in [1.54, 1.807) is 12.4 Å². The second kappa shape index (κ2) is 7.52. The first kappa shape index (κ1) is 15.2. The molecule has 0 bridgehead atoms. The minimum Gasteiger partial charge on any atom is -0.369 e. The number of nitrogens with one attached hydrogen (secondary N) is 1. The van der Waals surface area contributed by atoms with Crippen LogP contribution >= 0.6 is 22.6 Å². The highest BCUT2D eigenvalue weighted by atomic mass is 127. The van der Waals surface area contributed by atoms with Gasteiger partial charge in [0.2, 0.25) is 0 Å². The monoisotopic (exact) mass is 382 g/mol. The van der Waals surface area contributed by atoms with Crippen molar-refractivity contribution < 1.29 is 0 Å². The van der Waals surface area contributed by atoms with Crippen LogP contribution in [-0.4, -0.2) is 21.5 Å². The molecular formula is C15H19IN4. The first-order valence-corrected chi connectivity index (χ1v) is 8.00. The van der Waals surface area contributed by atoms with E-state index in [-0.39, 0.29) is 0 Å². The fraction of sp³-hybridized carbons (Fsp3) is 0.400. The van der Waals surface area contributed by atoms with E-state index in [0.717, 1.165) is 46.7 Å². The molecule has 1 N–H and O–H groups in total. The molecule has 106 valence electrons. The Labute approximate surface area is 133 Å². The molecule has 5 heteroatoms. The Morgan fingerprint density at radius 1 is 1.15 bits per heavy atom. The second-order valence-electron chi connectivity index (χ2n) is 4.56. The van der Waals surface area contributed by atoms with Crippen molar-refractivity contribution in [2.24, 2.45) is 0 Å². The van der Waals surface area contributed by atoms with Crippen LogP contribution in [0.4, 0.5) is 5.82 Å². The third-order valence-electron chi connectivity index (χ3n) is 2.96. The van der Waals surface area contributed by atoms with E-state index < -0.39 is 0 Å².